The van der Waals surface area contributed by atoms with Crippen molar-refractivity contribution in [1.82, 2.24) is 4.98 Å². The minimum atomic E-state index is -0.530. The number of fused-ring (bicyclic) bond motifs is 1. The van der Waals surface area contributed by atoms with Crippen molar-refractivity contribution in [1.29, 1.82) is 0 Å². The van der Waals surface area contributed by atoms with Crippen LogP contribution in [-0.2, 0) is 16.8 Å². The summed E-state index contributed by atoms with van der Waals surface area (Å²) in [5.74, 6) is 1.91. The van der Waals surface area contributed by atoms with E-state index in [2.05, 4.69) is 10.3 Å². The van der Waals surface area contributed by atoms with E-state index >= 15 is 0 Å². The van der Waals surface area contributed by atoms with E-state index in [1.807, 2.05) is 60.7 Å². The van der Waals surface area contributed by atoms with Gasteiger partial charge in [0.2, 0.25) is 12.7 Å². The van der Waals surface area contributed by atoms with Gasteiger partial charge in [-0.15, -0.1) is 0 Å². The van der Waals surface area contributed by atoms with Gasteiger partial charge < -0.3 is 20.5 Å². The molecule has 146 valence electrons. The maximum atomic E-state index is 13.1. The smallest absolute Gasteiger partial charge is 0.236 e. The van der Waals surface area contributed by atoms with Gasteiger partial charge in [0.15, 0.2) is 11.5 Å². The van der Waals surface area contributed by atoms with Gasteiger partial charge in [-0.3, -0.25) is 4.79 Å². The Bertz CT molecular complexity index is 1090. The van der Waals surface area contributed by atoms with Gasteiger partial charge in [0.25, 0.3) is 0 Å². The average molecular weight is 387 g/mol. The van der Waals surface area contributed by atoms with Crippen molar-refractivity contribution in [2.75, 3.05) is 12.1 Å². The van der Waals surface area contributed by atoms with Crippen LogP contribution in [0.3, 0.4) is 0 Å². The van der Waals surface area contributed by atoms with Gasteiger partial charge in [0.05, 0.1) is 11.1 Å². The lowest BCUT2D eigenvalue weighted by Gasteiger charge is -2.16. The normalized spacial score (nSPS) is 15.8. The molecule has 0 saturated heterocycles. The van der Waals surface area contributed by atoms with Crippen LogP contribution in [0.1, 0.15) is 24.0 Å². The molecule has 0 bridgehead atoms. The number of ether oxygens (including phenoxy) is 2. The van der Waals surface area contributed by atoms with E-state index in [1.165, 1.54) is 0 Å². The molecule has 1 aliphatic heterocycles. The Kier molecular flexibility index (Phi) is 4.21. The van der Waals surface area contributed by atoms with Crippen LogP contribution in [0.5, 0.6) is 11.5 Å². The number of hydrogen-bond acceptors (Lipinski definition) is 5. The van der Waals surface area contributed by atoms with Gasteiger partial charge in [-0.2, -0.15) is 0 Å². The predicted molar refractivity (Wildman–Crippen MR) is 110 cm³/mol. The Morgan fingerprint density at radius 3 is 2.69 bits per heavy atom. The van der Waals surface area contributed by atoms with Crippen LogP contribution in [0.15, 0.2) is 60.7 Å². The van der Waals surface area contributed by atoms with E-state index in [-0.39, 0.29) is 12.7 Å². The third-order valence-corrected chi connectivity index (χ3v) is 5.56. The van der Waals surface area contributed by atoms with E-state index in [0.29, 0.717) is 18.1 Å². The van der Waals surface area contributed by atoms with Crippen molar-refractivity contribution in [3.8, 4) is 22.8 Å². The molecule has 2 heterocycles. The number of carbonyl (C=O) groups excluding carboxylic acids is 1. The van der Waals surface area contributed by atoms with Crippen LogP contribution in [0.25, 0.3) is 11.3 Å². The molecule has 1 fully saturated rings. The molecular weight excluding hydrogens is 366 g/mol. The lowest BCUT2D eigenvalue weighted by molar-refractivity contribution is -0.118. The number of carbonyl (C=O) groups is 1. The lowest BCUT2D eigenvalue weighted by atomic mass is 9.94. The summed E-state index contributed by atoms with van der Waals surface area (Å²) in [6.45, 7) is 0.697. The second kappa shape index (κ2) is 6.90. The molecule has 0 unspecified atom stereocenters. The average Bonchev–Trinajstić information content (AvgIpc) is 3.45. The van der Waals surface area contributed by atoms with Crippen molar-refractivity contribution < 1.29 is 14.3 Å². The van der Waals surface area contributed by atoms with Crippen molar-refractivity contribution in [2.24, 2.45) is 5.73 Å². The molecule has 3 aromatic rings. The fourth-order valence-corrected chi connectivity index (χ4v) is 3.72. The van der Waals surface area contributed by atoms with E-state index in [1.54, 1.807) is 0 Å². The number of nitrogens with one attached hydrogen (secondary N) is 1. The second-order valence-corrected chi connectivity index (χ2v) is 7.42. The first-order chi connectivity index (χ1) is 14.2. The highest BCUT2D eigenvalue weighted by Gasteiger charge is 2.51. The van der Waals surface area contributed by atoms with Crippen molar-refractivity contribution in [3.63, 3.8) is 0 Å². The largest absolute Gasteiger partial charge is 0.454 e. The maximum Gasteiger partial charge on any atom is 0.236 e. The highest BCUT2D eigenvalue weighted by molar-refractivity contribution is 6.01. The van der Waals surface area contributed by atoms with Crippen LogP contribution in [0.2, 0.25) is 0 Å². The molecule has 2 aromatic carbocycles. The molecule has 1 aromatic heterocycles. The highest BCUT2D eigenvalue weighted by Crippen LogP contribution is 2.51. The second-order valence-electron chi connectivity index (χ2n) is 7.42. The number of anilines is 1. The minimum Gasteiger partial charge on any atom is -0.454 e. The first kappa shape index (κ1) is 17.7. The Balaban J connectivity index is 1.38. The zero-order valence-electron chi connectivity index (χ0n) is 15.9. The number of nitrogens with two attached hydrogens (primary N) is 1. The number of pyridine rings is 1. The van der Waals surface area contributed by atoms with Crippen molar-refractivity contribution >= 4 is 11.7 Å². The van der Waals surface area contributed by atoms with Gasteiger partial charge in [-0.1, -0.05) is 30.3 Å². The number of amides is 1. The summed E-state index contributed by atoms with van der Waals surface area (Å²) in [6, 6.07) is 19.3. The monoisotopic (exact) mass is 387 g/mol. The van der Waals surface area contributed by atoms with Crippen molar-refractivity contribution in [3.05, 3.63) is 71.8 Å². The lowest BCUT2D eigenvalue weighted by Crippen LogP contribution is -2.28. The summed E-state index contributed by atoms with van der Waals surface area (Å²) >= 11 is 0. The summed E-state index contributed by atoms with van der Waals surface area (Å²) in [4.78, 5) is 17.7. The molecule has 6 heteroatoms. The molecule has 1 aliphatic carbocycles. The summed E-state index contributed by atoms with van der Waals surface area (Å²) in [5, 5.41) is 3.00. The zero-order valence-corrected chi connectivity index (χ0v) is 15.9. The standard InChI is InChI=1S/C23H21N3O3/c24-13-15-3-1-4-16(11-15)18-5-2-6-21(25-18)26-22(27)23(9-10-23)17-7-8-19-20(12-17)29-14-28-19/h1-8,11-12H,9-10,13-14,24H2,(H,25,26,27). The van der Waals surface area contributed by atoms with Crippen LogP contribution < -0.4 is 20.5 Å². The topological polar surface area (TPSA) is 86.5 Å². The van der Waals surface area contributed by atoms with Crippen LogP contribution >= 0.6 is 0 Å². The molecule has 0 radical (unpaired) electrons. The number of benzene rings is 2. The van der Waals surface area contributed by atoms with E-state index < -0.39 is 5.41 Å². The van der Waals surface area contributed by atoms with Crippen LogP contribution in [-0.4, -0.2) is 17.7 Å². The summed E-state index contributed by atoms with van der Waals surface area (Å²) in [7, 11) is 0. The predicted octanol–water partition coefficient (Wildman–Crippen LogP) is 3.61. The third-order valence-electron chi connectivity index (χ3n) is 5.56. The fraction of sp³-hybridized carbons (Fsp3) is 0.217. The molecule has 0 atom stereocenters. The van der Waals surface area contributed by atoms with Gasteiger partial charge >= 0.3 is 0 Å². The number of rotatable bonds is 5. The molecule has 3 N–H and O–H groups in total. The molecule has 0 spiro atoms. The molecule has 6 nitrogen and oxygen atoms in total. The summed E-state index contributed by atoms with van der Waals surface area (Å²) in [6.07, 6.45) is 1.60. The van der Waals surface area contributed by atoms with Crippen LogP contribution in [0, 0.1) is 0 Å². The van der Waals surface area contributed by atoms with Gasteiger partial charge in [0, 0.05) is 12.1 Å². The van der Waals surface area contributed by atoms with Gasteiger partial charge in [-0.05, 0) is 54.3 Å². The third kappa shape index (κ3) is 3.21. The number of hydrogen-bond donors (Lipinski definition) is 2. The Morgan fingerprint density at radius 1 is 1.03 bits per heavy atom. The van der Waals surface area contributed by atoms with Crippen LogP contribution in [0.4, 0.5) is 5.82 Å². The Labute approximate surface area is 168 Å². The Hall–Kier alpha value is -3.38. The Morgan fingerprint density at radius 2 is 1.86 bits per heavy atom. The SMILES string of the molecule is NCc1cccc(-c2cccc(NC(=O)C3(c4ccc5c(c4)OCO5)CC3)n2)c1. The minimum absolute atomic E-state index is 0.0447. The number of aromatic nitrogens is 1. The molecule has 1 saturated carbocycles. The zero-order chi connectivity index (χ0) is 19.8. The molecule has 5 rings (SSSR count). The fourth-order valence-electron chi connectivity index (χ4n) is 3.72. The van der Waals surface area contributed by atoms with E-state index in [0.717, 1.165) is 41.0 Å². The molecule has 29 heavy (non-hydrogen) atoms. The summed E-state index contributed by atoms with van der Waals surface area (Å²) in [5.41, 5.74) is 8.97. The number of nitrogens with zero attached hydrogens (tertiary/aromatic N) is 1. The van der Waals surface area contributed by atoms with Gasteiger partial charge in [0.1, 0.15) is 5.82 Å². The maximum absolute atomic E-state index is 13.1. The quantitative estimate of drug-likeness (QED) is 0.698. The van der Waals surface area contributed by atoms with E-state index in [9.17, 15) is 4.79 Å². The first-order valence-electron chi connectivity index (χ1n) is 9.66. The highest BCUT2D eigenvalue weighted by atomic mass is 16.7. The van der Waals surface area contributed by atoms with E-state index in [4.69, 9.17) is 15.2 Å². The van der Waals surface area contributed by atoms with Crippen molar-refractivity contribution in [2.45, 2.75) is 24.8 Å². The molecule has 2 aliphatic rings. The summed E-state index contributed by atoms with van der Waals surface area (Å²) < 4.78 is 10.8. The van der Waals surface area contributed by atoms with Gasteiger partial charge in [-0.25, -0.2) is 4.98 Å². The first-order valence-corrected chi connectivity index (χ1v) is 9.66. The molecule has 1 amide bonds. The molecular formula is C23H21N3O3.